The Kier molecular flexibility index (Phi) is 2.87. The van der Waals surface area contributed by atoms with E-state index in [1.165, 1.54) is 0 Å². The summed E-state index contributed by atoms with van der Waals surface area (Å²) in [6.07, 6.45) is 0.660. The van der Waals surface area contributed by atoms with Crippen LogP contribution in [0.3, 0.4) is 0 Å². The number of aryl methyl sites for hydroxylation is 2. The minimum absolute atomic E-state index is 0.0895. The van der Waals surface area contributed by atoms with Gasteiger partial charge in [0.1, 0.15) is 10.2 Å². The summed E-state index contributed by atoms with van der Waals surface area (Å²) in [5.41, 5.74) is 1.70. The molecule has 0 radical (unpaired) electrons. The zero-order valence-electron chi connectivity index (χ0n) is 9.37. The lowest BCUT2D eigenvalue weighted by molar-refractivity contribution is 0.0664. The number of hydrogen-bond donors (Lipinski definition) is 2. The number of halogens is 1. The van der Waals surface area contributed by atoms with Crippen molar-refractivity contribution in [3.05, 3.63) is 27.4 Å². The summed E-state index contributed by atoms with van der Waals surface area (Å²) in [4.78, 5) is 11.0. The molecule has 0 saturated carbocycles. The first kappa shape index (κ1) is 12.0. The van der Waals surface area contributed by atoms with E-state index in [4.69, 9.17) is 9.52 Å². The van der Waals surface area contributed by atoms with E-state index in [2.05, 4.69) is 15.9 Å². The molecule has 1 aromatic heterocycles. The van der Waals surface area contributed by atoms with Gasteiger partial charge in [-0.1, -0.05) is 6.92 Å². The highest BCUT2D eigenvalue weighted by Gasteiger charge is 2.21. The fraction of sp³-hybridized carbons (Fsp3) is 0.250. The zero-order valence-corrected chi connectivity index (χ0v) is 11.0. The third-order valence-corrected chi connectivity index (χ3v) is 3.53. The molecule has 1 aromatic carbocycles. The van der Waals surface area contributed by atoms with Crippen LogP contribution >= 0.6 is 15.9 Å². The normalized spacial score (nSPS) is 11.0. The van der Waals surface area contributed by atoms with Crippen molar-refractivity contribution < 1.29 is 19.4 Å². The molecule has 17 heavy (non-hydrogen) atoms. The summed E-state index contributed by atoms with van der Waals surface area (Å²) in [7, 11) is 0. The molecule has 5 heteroatoms. The molecule has 2 rings (SSSR count). The second-order valence-corrected chi connectivity index (χ2v) is 4.58. The smallest absolute Gasteiger partial charge is 0.372 e. The van der Waals surface area contributed by atoms with Crippen LogP contribution in [0.2, 0.25) is 0 Å². The van der Waals surface area contributed by atoms with Gasteiger partial charge in [0.2, 0.25) is 5.76 Å². The molecular formula is C12H11BrO4. The Hall–Kier alpha value is -1.49. The molecule has 4 nitrogen and oxygen atoms in total. The Morgan fingerprint density at radius 3 is 2.71 bits per heavy atom. The molecule has 2 N–H and O–H groups in total. The van der Waals surface area contributed by atoms with E-state index in [1.54, 1.807) is 13.0 Å². The second-order valence-electron chi connectivity index (χ2n) is 3.79. The van der Waals surface area contributed by atoms with Crippen LogP contribution in [0.15, 0.2) is 15.0 Å². The maximum absolute atomic E-state index is 11.0. The number of phenolic OH excluding ortho intramolecular Hbond substituents is 1. The Labute approximate surface area is 106 Å². The van der Waals surface area contributed by atoms with Crippen LogP contribution < -0.4 is 0 Å². The van der Waals surface area contributed by atoms with Crippen LogP contribution in [-0.2, 0) is 6.42 Å². The minimum atomic E-state index is -1.11. The van der Waals surface area contributed by atoms with Gasteiger partial charge in [-0.2, -0.15) is 0 Å². The monoisotopic (exact) mass is 298 g/mol. The lowest BCUT2D eigenvalue weighted by Crippen LogP contribution is -1.95. The number of carbonyl (C=O) groups is 1. The number of benzene rings is 1. The van der Waals surface area contributed by atoms with E-state index >= 15 is 0 Å². The van der Waals surface area contributed by atoms with E-state index in [0.29, 0.717) is 27.4 Å². The molecule has 0 aliphatic heterocycles. The van der Waals surface area contributed by atoms with Crippen molar-refractivity contribution in [3.63, 3.8) is 0 Å². The van der Waals surface area contributed by atoms with Crippen molar-refractivity contribution in [3.8, 4) is 5.75 Å². The van der Waals surface area contributed by atoms with E-state index in [1.807, 2.05) is 6.92 Å². The molecule has 0 atom stereocenters. The fourth-order valence-corrected chi connectivity index (χ4v) is 2.38. The lowest BCUT2D eigenvalue weighted by Gasteiger charge is -2.04. The quantitative estimate of drug-likeness (QED) is 0.890. The summed E-state index contributed by atoms with van der Waals surface area (Å²) in [6, 6.07) is 1.76. The Morgan fingerprint density at radius 1 is 1.53 bits per heavy atom. The average Bonchev–Trinajstić information content (AvgIpc) is 2.61. The van der Waals surface area contributed by atoms with Gasteiger partial charge in [-0.25, -0.2) is 4.79 Å². The van der Waals surface area contributed by atoms with E-state index < -0.39 is 5.97 Å². The number of carboxylic acid groups (broad SMARTS) is 1. The third kappa shape index (κ3) is 1.70. The van der Waals surface area contributed by atoms with Gasteiger partial charge in [0.15, 0.2) is 5.58 Å². The van der Waals surface area contributed by atoms with Gasteiger partial charge in [-0.3, -0.25) is 0 Å². The van der Waals surface area contributed by atoms with Crippen molar-refractivity contribution in [1.82, 2.24) is 0 Å². The summed E-state index contributed by atoms with van der Waals surface area (Å²) in [5, 5.41) is 19.6. The molecule has 0 amide bonds. The number of aromatic carboxylic acids is 1. The van der Waals surface area contributed by atoms with Crippen LogP contribution in [-0.4, -0.2) is 16.2 Å². The van der Waals surface area contributed by atoms with Crippen LogP contribution in [0.1, 0.15) is 28.6 Å². The zero-order chi connectivity index (χ0) is 12.7. The first-order chi connectivity index (χ1) is 7.97. The predicted molar refractivity (Wildman–Crippen MR) is 66.7 cm³/mol. The number of fused-ring (bicyclic) bond motifs is 1. The van der Waals surface area contributed by atoms with Crippen molar-refractivity contribution in [2.24, 2.45) is 0 Å². The van der Waals surface area contributed by atoms with Crippen LogP contribution in [0.25, 0.3) is 11.0 Å². The molecule has 2 aromatic rings. The second kappa shape index (κ2) is 4.07. The predicted octanol–water partition coefficient (Wildman–Crippen LogP) is 3.47. The van der Waals surface area contributed by atoms with Crippen molar-refractivity contribution in [2.45, 2.75) is 20.3 Å². The maximum Gasteiger partial charge on any atom is 0.372 e. The van der Waals surface area contributed by atoms with Crippen LogP contribution in [0, 0.1) is 6.92 Å². The third-order valence-electron chi connectivity index (χ3n) is 2.80. The Balaban J connectivity index is 2.88. The summed E-state index contributed by atoms with van der Waals surface area (Å²) in [6.45, 7) is 3.61. The van der Waals surface area contributed by atoms with E-state index in [-0.39, 0.29) is 11.5 Å². The number of carboxylic acids is 1. The van der Waals surface area contributed by atoms with Crippen LogP contribution in [0.4, 0.5) is 0 Å². The Morgan fingerprint density at radius 2 is 2.18 bits per heavy atom. The highest BCUT2D eigenvalue weighted by atomic mass is 79.9. The van der Waals surface area contributed by atoms with Gasteiger partial charge in [-0.05, 0) is 40.9 Å². The molecule has 0 unspecified atom stereocenters. The fourth-order valence-electron chi connectivity index (χ4n) is 1.83. The molecule has 0 bridgehead atoms. The first-order valence-corrected chi connectivity index (χ1v) is 5.93. The molecule has 90 valence electrons. The van der Waals surface area contributed by atoms with Crippen molar-refractivity contribution in [1.29, 1.82) is 0 Å². The topological polar surface area (TPSA) is 70.7 Å². The molecular weight excluding hydrogens is 288 g/mol. The highest BCUT2D eigenvalue weighted by Crippen LogP contribution is 2.39. The first-order valence-electron chi connectivity index (χ1n) is 5.14. The van der Waals surface area contributed by atoms with Gasteiger partial charge in [0.05, 0.1) is 0 Å². The van der Waals surface area contributed by atoms with Gasteiger partial charge >= 0.3 is 5.97 Å². The van der Waals surface area contributed by atoms with E-state index in [9.17, 15) is 9.90 Å². The van der Waals surface area contributed by atoms with E-state index in [0.717, 1.165) is 5.56 Å². The van der Waals surface area contributed by atoms with Gasteiger partial charge in [0, 0.05) is 10.9 Å². The van der Waals surface area contributed by atoms with Crippen molar-refractivity contribution >= 4 is 32.9 Å². The SMILES string of the molecule is CCc1cc2c(C)c(C(=O)O)oc2c(Br)c1O. The molecule has 0 spiro atoms. The number of hydrogen-bond acceptors (Lipinski definition) is 3. The highest BCUT2D eigenvalue weighted by molar-refractivity contribution is 9.10. The van der Waals surface area contributed by atoms with Gasteiger partial charge in [-0.15, -0.1) is 0 Å². The summed E-state index contributed by atoms with van der Waals surface area (Å²) in [5.74, 6) is -1.10. The Bertz CT molecular complexity index is 613. The molecule has 0 aliphatic rings. The standard InChI is InChI=1S/C12H11BrO4/c1-3-6-4-7-5(2)10(12(15)16)17-11(7)8(13)9(6)14/h4,14H,3H2,1-2H3,(H,15,16). The molecule has 0 saturated heterocycles. The molecule has 1 heterocycles. The number of furan rings is 1. The van der Waals surface area contributed by atoms with Gasteiger partial charge in [0.25, 0.3) is 0 Å². The van der Waals surface area contributed by atoms with Crippen LogP contribution in [0.5, 0.6) is 5.75 Å². The number of aromatic hydroxyl groups is 1. The van der Waals surface area contributed by atoms with Crippen molar-refractivity contribution in [2.75, 3.05) is 0 Å². The number of rotatable bonds is 2. The maximum atomic E-state index is 11.0. The minimum Gasteiger partial charge on any atom is -0.506 e. The largest absolute Gasteiger partial charge is 0.506 e. The molecule has 0 fully saturated rings. The lowest BCUT2D eigenvalue weighted by atomic mass is 10.1. The average molecular weight is 299 g/mol. The number of phenols is 1. The molecule has 0 aliphatic carbocycles. The van der Waals surface area contributed by atoms with Gasteiger partial charge < -0.3 is 14.6 Å². The summed E-state index contributed by atoms with van der Waals surface area (Å²) >= 11 is 3.23. The summed E-state index contributed by atoms with van der Waals surface area (Å²) < 4.78 is 5.67.